The summed E-state index contributed by atoms with van der Waals surface area (Å²) in [6, 6.07) is 10.4. The van der Waals surface area contributed by atoms with Crippen molar-refractivity contribution in [2.75, 3.05) is 0 Å². The predicted octanol–water partition coefficient (Wildman–Crippen LogP) is 4.84. The first-order valence-corrected chi connectivity index (χ1v) is 7.60. The second kappa shape index (κ2) is 6.30. The Morgan fingerprint density at radius 1 is 1.14 bits per heavy atom. The summed E-state index contributed by atoms with van der Waals surface area (Å²) in [7, 11) is 0. The van der Waals surface area contributed by atoms with Gasteiger partial charge in [0, 0.05) is 12.0 Å². The molecule has 1 aliphatic carbocycles. The van der Waals surface area contributed by atoms with Crippen LogP contribution in [0, 0.1) is 0 Å². The molecule has 112 valence electrons. The van der Waals surface area contributed by atoms with Crippen LogP contribution in [0.3, 0.4) is 0 Å². The van der Waals surface area contributed by atoms with E-state index in [9.17, 15) is 0 Å². The molecule has 1 aromatic rings. The number of nitrogens with one attached hydrogen (secondary N) is 1. The predicted molar refractivity (Wildman–Crippen MR) is 91.6 cm³/mol. The summed E-state index contributed by atoms with van der Waals surface area (Å²) >= 11 is 0. The minimum absolute atomic E-state index is 0.0197. The first-order valence-electron chi connectivity index (χ1n) is 7.60. The summed E-state index contributed by atoms with van der Waals surface area (Å²) in [5.41, 5.74) is 9.87. The van der Waals surface area contributed by atoms with Crippen LogP contribution in [0.25, 0.3) is 0 Å². The summed E-state index contributed by atoms with van der Waals surface area (Å²) in [5, 5.41) is 4.69. The van der Waals surface area contributed by atoms with Gasteiger partial charge in [0.15, 0.2) is 0 Å². The molecule has 0 aliphatic heterocycles. The van der Waals surface area contributed by atoms with Crippen LogP contribution in [0.1, 0.15) is 53.0 Å². The number of rotatable bonds is 4. The van der Waals surface area contributed by atoms with E-state index in [-0.39, 0.29) is 5.54 Å². The van der Waals surface area contributed by atoms with Crippen LogP contribution in [-0.4, -0.2) is 11.3 Å². The molecular formula is C19H26N2. The zero-order valence-corrected chi connectivity index (χ0v) is 13.8. The molecule has 21 heavy (non-hydrogen) atoms. The molecule has 1 N–H and O–H groups in total. The zero-order valence-electron chi connectivity index (χ0n) is 13.8. The van der Waals surface area contributed by atoms with Gasteiger partial charge in [-0.05, 0) is 46.6 Å². The van der Waals surface area contributed by atoms with Crippen LogP contribution in [0.15, 0.2) is 58.2 Å². The van der Waals surface area contributed by atoms with Gasteiger partial charge in [0.25, 0.3) is 0 Å². The van der Waals surface area contributed by atoms with E-state index in [1.165, 1.54) is 22.3 Å². The number of hydrogen-bond acceptors (Lipinski definition) is 2. The maximum absolute atomic E-state index is 4.69. The van der Waals surface area contributed by atoms with E-state index in [2.05, 4.69) is 75.5 Å². The van der Waals surface area contributed by atoms with Crippen LogP contribution in [0.4, 0.5) is 0 Å². The molecule has 2 rings (SSSR count). The summed E-state index contributed by atoms with van der Waals surface area (Å²) in [6.07, 6.45) is 4.29. The number of nitrogens with zero attached hydrogens (tertiary/aromatic N) is 1. The first kappa shape index (κ1) is 15.6. The highest BCUT2D eigenvalue weighted by molar-refractivity contribution is 6.02. The van der Waals surface area contributed by atoms with Gasteiger partial charge in [-0.2, -0.15) is 5.10 Å². The van der Waals surface area contributed by atoms with Gasteiger partial charge in [-0.15, -0.1) is 0 Å². The van der Waals surface area contributed by atoms with Gasteiger partial charge in [0.2, 0.25) is 0 Å². The molecule has 0 amide bonds. The van der Waals surface area contributed by atoms with E-state index in [1.807, 2.05) is 6.07 Å². The van der Waals surface area contributed by atoms with E-state index in [1.54, 1.807) is 0 Å². The first-order chi connectivity index (χ1) is 9.85. The SMILES string of the molecule is CC1=C(C)CC(CC(=NNC(C)(C)C)c2ccccc2)=C1. The third-order valence-corrected chi connectivity index (χ3v) is 3.61. The van der Waals surface area contributed by atoms with Crippen molar-refractivity contribution in [3.05, 3.63) is 58.7 Å². The second-order valence-corrected chi connectivity index (χ2v) is 6.91. The maximum Gasteiger partial charge on any atom is 0.0715 e. The van der Waals surface area contributed by atoms with Crippen molar-refractivity contribution in [1.29, 1.82) is 0 Å². The van der Waals surface area contributed by atoms with Gasteiger partial charge in [-0.3, -0.25) is 0 Å². The molecule has 0 spiro atoms. The largest absolute Gasteiger partial charge is 0.305 e. The quantitative estimate of drug-likeness (QED) is 0.620. The van der Waals surface area contributed by atoms with Gasteiger partial charge in [0.1, 0.15) is 0 Å². The molecule has 0 atom stereocenters. The van der Waals surface area contributed by atoms with Crippen molar-refractivity contribution in [3.8, 4) is 0 Å². The van der Waals surface area contributed by atoms with Crippen molar-refractivity contribution in [3.63, 3.8) is 0 Å². The molecule has 0 bridgehead atoms. The second-order valence-electron chi connectivity index (χ2n) is 6.91. The van der Waals surface area contributed by atoms with E-state index >= 15 is 0 Å². The standard InChI is InChI=1S/C19H26N2/c1-14-11-16(12-15(14)2)13-18(20-21-19(3,4)5)17-9-7-6-8-10-17/h6-11,21H,12-13H2,1-5H3. The van der Waals surface area contributed by atoms with E-state index in [4.69, 9.17) is 0 Å². The van der Waals surface area contributed by atoms with Crippen LogP contribution in [-0.2, 0) is 0 Å². The lowest BCUT2D eigenvalue weighted by atomic mass is 10.0. The lowest BCUT2D eigenvalue weighted by Gasteiger charge is -2.19. The number of hydrogen-bond donors (Lipinski definition) is 1. The fourth-order valence-electron chi connectivity index (χ4n) is 2.36. The van der Waals surface area contributed by atoms with Crippen molar-refractivity contribution >= 4 is 5.71 Å². The molecule has 2 nitrogen and oxygen atoms in total. The molecular weight excluding hydrogens is 256 g/mol. The molecule has 0 saturated carbocycles. The zero-order chi connectivity index (χ0) is 15.5. The molecule has 0 fully saturated rings. The molecule has 1 aromatic carbocycles. The number of benzene rings is 1. The average molecular weight is 282 g/mol. The minimum atomic E-state index is -0.0197. The van der Waals surface area contributed by atoms with Crippen LogP contribution in [0.2, 0.25) is 0 Å². The van der Waals surface area contributed by atoms with Crippen molar-refractivity contribution in [1.82, 2.24) is 5.43 Å². The van der Waals surface area contributed by atoms with E-state index < -0.39 is 0 Å². The summed E-state index contributed by atoms with van der Waals surface area (Å²) < 4.78 is 0. The Morgan fingerprint density at radius 2 is 1.81 bits per heavy atom. The van der Waals surface area contributed by atoms with Gasteiger partial charge in [-0.25, -0.2) is 0 Å². The summed E-state index contributed by atoms with van der Waals surface area (Å²) in [5.74, 6) is 0. The molecule has 0 aromatic heterocycles. The van der Waals surface area contributed by atoms with Gasteiger partial charge in [0.05, 0.1) is 5.71 Å². The Labute approximate surface area is 128 Å². The molecule has 0 heterocycles. The van der Waals surface area contributed by atoms with Crippen LogP contribution in [0.5, 0.6) is 0 Å². The minimum Gasteiger partial charge on any atom is -0.305 e. The summed E-state index contributed by atoms with van der Waals surface area (Å²) in [6.45, 7) is 10.8. The lowest BCUT2D eigenvalue weighted by Crippen LogP contribution is -2.32. The number of allylic oxidation sites excluding steroid dienone is 4. The average Bonchev–Trinajstić information content (AvgIpc) is 2.73. The normalized spacial score (nSPS) is 16.2. The van der Waals surface area contributed by atoms with Crippen molar-refractivity contribution in [2.24, 2.45) is 5.10 Å². The highest BCUT2D eigenvalue weighted by atomic mass is 15.3. The van der Waals surface area contributed by atoms with Crippen molar-refractivity contribution in [2.45, 2.75) is 53.0 Å². The Kier molecular flexibility index (Phi) is 4.66. The van der Waals surface area contributed by atoms with Gasteiger partial charge < -0.3 is 5.43 Å². The molecule has 2 heteroatoms. The van der Waals surface area contributed by atoms with Gasteiger partial charge in [-0.1, -0.05) is 53.1 Å². The Balaban J connectivity index is 2.20. The fraction of sp³-hybridized carbons (Fsp3) is 0.421. The van der Waals surface area contributed by atoms with Crippen molar-refractivity contribution < 1.29 is 0 Å². The topological polar surface area (TPSA) is 24.4 Å². The van der Waals surface area contributed by atoms with E-state index in [0.717, 1.165) is 18.6 Å². The summed E-state index contributed by atoms with van der Waals surface area (Å²) in [4.78, 5) is 0. The highest BCUT2D eigenvalue weighted by Crippen LogP contribution is 2.28. The molecule has 0 saturated heterocycles. The van der Waals surface area contributed by atoms with E-state index in [0.29, 0.717) is 0 Å². The van der Waals surface area contributed by atoms with Crippen LogP contribution < -0.4 is 5.43 Å². The van der Waals surface area contributed by atoms with Gasteiger partial charge >= 0.3 is 0 Å². The highest BCUT2D eigenvalue weighted by Gasteiger charge is 2.14. The fourth-order valence-corrected chi connectivity index (χ4v) is 2.36. The molecule has 0 radical (unpaired) electrons. The lowest BCUT2D eigenvalue weighted by molar-refractivity contribution is 0.440. The third kappa shape index (κ3) is 4.59. The number of hydrazone groups is 1. The third-order valence-electron chi connectivity index (χ3n) is 3.61. The molecule has 0 unspecified atom stereocenters. The molecule has 1 aliphatic rings. The Bertz CT molecular complexity index is 584. The monoisotopic (exact) mass is 282 g/mol. The van der Waals surface area contributed by atoms with Crippen LogP contribution >= 0.6 is 0 Å². The smallest absolute Gasteiger partial charge is 0.0715 e. The maximum atomic E-state index is 4.69. The Morgan fingerprint density at radius 3 is 2.33 bits per heavy atom. The Hall–Kier alpha value is -1.83.